The quantitative estimate of drug-likeness (QED) is 0.597. The van der Waals surface area contributed by atoms with Gasteiger partial charge in [-0.05, 0) is 70.6 Å². The number of likely N-dealkylation sites (tertiary alicyclic amines) is 1. The molecule has 0 bridgehead atoms. The molecule has 31 heavy (non-hydrogen) atoms. The van der Waals surface area contributed by atoms with Crippen LogP contribution in [0.3, 0.4) is 0 Å². The van der Waals surface area contributed by atoms with E-state index in [1.807, 2.05) is 33.8 Å². The number of hydrogen-bond donors (Lipinski definition) is 0. The second kappa shape index (κ2) is 7.87. The third kappa shape index (κ3) is 3.52. The standard InChI is InChI=1S/C24H27NO6/c1-12-15(4)30-21-14(3)22-18(11-17(12)21)13(2)16(24(29)31-22)8-9-20(26)25-10-6-5-7-19(25)23(27)28/h11,19H,5-10H2,1-4H3,(H,27,28)/p-1/t19-/m1/s1. The summed E-state index contributed by atoms with van der Waals surface area (Å²) in [4.78, 5) is 38.3. The number of amides is 1. The Morgan fingerprint density at radius 2 is 1.71 bits per heavy atom. The lowest BCUT2D eigenvalue weighted by Crippen LogP contribution is -2.52. The molecule has 0 saturated carbocycles. The molecule has 3 aromatic rings. The van der Waals surface area contributed by atoms with Gasteiger partial charge in [-0.2, -0.15) is 0 Å². The molecule has 0 aliphatic carbocycles. The number of furan rings is 1. The van der Waals surface area contributed by atoms with Crippen molar-refractivity contribution in [1.29, 1.82) is 0 Å². The van der Waals surface area contributed by atoms with Gasteiger partial charge in [0.05, 0.1) is 12.0 Å². The molecule has 4 rings (SSSR count). The Labute approximate surface area is 179 Å². The van der Waals surface area contributed by atoms with Crippen molar-refractivity contribution >= 4 is 33.8 Å². The van der Waals surface area contributed by atoms with Crippen molar-refractivity contribution in [2.24, 2.45) is 0 Å². The first kappa shape index (κ1) is 21.2. The fourth-order valence-corrected chi connectivity index (χ4v) is 4.63. The Morgan fingerprint density at radius 1 is 1.03 bits per heavy atom. The van der Waals surface area contributed by atoms with E-state index >= 15 is 0 Å². The molecule has 1 amide bonds. The van der Waals surface area contributed by atoms with Crippen molar-refractivity contribution < 1.29 is 23.5 Å². The highest BCUT2D eigenvalue weighted by molar-refractivity contribution is 6.00. The maximum Gasteiger partial charge on any atom is 0.339 e. The number of carboxylic acid groups (broad SMARTS) is 1. The molecule has 7 nitrogen and oxygen atoms in total. The smallest absolute Gasteiger partial charge is 0.339 e. The molecular weight excluding hydrogens is 398 g/mol. The average molecular weight is 424 g/mol. The molecule has 1 atom stereocenters. The molecule has 3 heterocycles. The van der Waals surface area contributed by atoms with Crippen LogP contribution in [0.1, 0.15) is 53.7 Å². The summed E-state index contributed by atoms with van der Waals surface area (Å²) in [6.07, 6.45) is 2.18. The first-order valence-electron chi connectivity index (χ1n) is 10.7. The van der Waals surface area contributed by atoms with Gasteiger partial charge in [0.1, 0.15) is 16.9 Å². The highest BCUT2D eigenvalue weighted by atomic mass is 16.4. The zero-order valence-electron chi connectivity index (χ0n) is 18.3. The summed E-state index contributed by atoms with van der Waals surface area (Å²) >= 11 is 0. The monoisotopic (exact) mass is 424 g/mol. The van der Waals surface area contributed by atoms with Gasteiger partial charge in [0.15, 0.2) is 0 Å². The molecule has 0 N–H and O–H groups in total. The Morgan fingerprint density at radius 3 is 2.42 bits per heavy atom. The van der Waals surface area contributed by atoms with Crippen LogP contribution in [0, 0.1) is 27.7 Å². The maximum absolute atomic E-state index is 12.7. The van der Waals surface area contributed by atoms with Gasteiger partial charge >= 0.3 is 5.63 Å². The van der Waals surface area contributed by atoms with Crippen molar-refractivity contribution in [1.82, 2.24) is 4.90 Å². The van der Waals surface area contributed by atoms with Crippen molar-refractivity contribution in [3.8, 4) is 0 Å². The average Bonchev–Trinajstić information content (AvgIpc) is 3.03. The van der Waals surface area contributed by atoms with E-state index in [0.29, 0.717) is 29.7 Å². The van der Waals surface area contributed by atoms with Crippen molar-refractivity contribution in [3.63, 3.8) is 0 Å². The Hall–Kier alpha value is -3.09. The molecular formula is C24H26NO6-. The summed E-state index contributed by atoms with van der Waals surface area (Å²) in [5.74, 6) is -0.677. The van der Waals surface area contributed by atoms with Crippen molar-refractivity contribution in [2.45, 2.75) is 65.8 Å². The van der Waals surface area contributed by atoms with Crippen LogP contribution in [-0.2, 0) is 16.0 Å². The third-order valence-electron chi connectivity index (χ3n) is 6.63. The Balaban J connectivity index is 1.69. The molecule has 2 aromatic heterocycles. The fraction of sp³-hybridized carbons (Fsp3) is 0.458. The number of nitrogens with zero attached hydrogens (tertiary/aromatic N) is 1. The lowest BCUT2D eigenvalue weighted by molar-refractivity contribution is -0.312. The minimum absolute atomic E-state index is 0.0476. The van der Waals surface area contributed by atoms with Gasteiger partial charge in [0.25, 0.3) is 0 Å². The number of carbonyl (C=O) groups is 2. The molecule has 0 spiro atoms. The summed E-state index contributed by atoms with van der Waals surface area (Å²) in [6.45, 7) is 8.03. The predicted octanol–water partition coefficient (Wildman–Crippen LogP) is 2.84. The first-order chi connectivity index (χ1) is 14.7. The summed E-state index contributed by atoms with van der Waals surface area (Å²) in [7, 11) is 0. The van der Waals surface area contributed by atoms with E-state index in [1.165, 1.54) is 4.90 Å². The van der Waals surface area contributed by atoms with Crippen LogP contribution in [0.15, 0.2) is 19.7 Å². The van der Waals surface area contributed by atoms with Crippen LogP contribution in [0.4, 0.5) is 0 Å². The number of carbonyl (C=O) groups excluding carboxylic acids is 2. The number of rotatable bonds is 4. The second-order valence-electron chi connectivity index (χ2n) is 8.45. The normalized spacial score (nSPS) is 16.9. The van der Waals surface area contributed by atoms with Gasteiger partial charge in [-0.1, -0.05) is 0 Å². The Kier molecular flexibility index (Phi) is 5.37. The lowest BCUT2D eigenvalue weighted by atomic mass is 9.97. The molecule has 1 aliphatic heterocycles. The summed E-state index contributed by atoms with van der Waals surface area (Å²) in [5.41, 5.74) is 3.77. The van der Waals surface area contributed by atoms with E-state index in [4.69, 9.17) is 8.83 Å². The summed E-state index contributed by atoms with van der Waals surface area (Å²) in [5, 5.41) is 13.2. The van der Waals surface area contributed by atoms with Crippen LogP contribution in [-0.4, -0.2) is 29.4 Å². The summed E-state index contributed by atoms with van der Waals surface area (Å²) < 4.78 is 11.5. The second-order valence-corrected chi connectivity index (χ2v) is 8.45. The molecule has 164 valence electrons. The topological polar surface area (TPSA) is 104 Å². The van der Waals surface area contributed by atoms with Gasteiger partial charge < -0.3 is 23.6 Å². The molecule has 1 fully saturated rings. The Bertz CT molecular complexity index is 1270. The highest BCUT2D eigenvalue weighted by Gasteiger charge is 2.28. The van der Waals surface area contributed by atoms with E-state index in [0.717, 1.165) is 46.1 Å². The van der Waals surface area contributed by atoms with Crippen LogP contribution in [0.5, 0.6) is 0 Å². The number of benzene rings is 1. The molecule has 7 heteroatoms. The number of fused-ring (bicyclic) bond motifs is 2. The van der Waals surface area contributed by atoms with E-state index in [2.05, 4.69) is 0 Å². The van der Waals surface area contributed by atoms with Gasteiger partial charge in [0.2, 0.25) is 5.91 Å². The van der Waals surface area contributed by atoms with Crippen LogP contribution in [0.2, 0.25) is 0 Å². The molecule has 1 saturated heterocycles. The van der Waals surface area contributed by atoms with Gasteiger partial charge in [-0.25, -0.2) is 4.79 Å². The predicted molar refractivity (Wildman–Crippen MR) is 114 cm³/mol. The third-order valence-corrected chi connectivity index (χ3v) is 6.63. The molecule has 1 aromatic carbocycles. The van der Waals surface area contributed by atoms with E-state index in [9.17, 15) is 19.5 Å². The largest absolute Gasteiger partial charge is 0.548 e. The lowest BCUT2D eigenvalue weighted by Gasteiger charge is -2.36. The first-order valence-corrected chi connectivity index (χ1v) is 10.7. The van der Waals surface area contributed by atoms with Crippen molar-refractivity contribution in [2.75, 3.05) is 6.54 Å². The van der Waals surface area contributed by atoms with Crippen LogP contribution < -0.4 is 10.7 Å². The van der Waals surface area contributed by atoms with E-state index in [1.54, 1.807) is 0 Å². The van der Waals surface area contributed by atoms with Crippen LogP contribution >= 0.6 is 0 Å². The summed E-state index contributed by atoms with van der Waals surface area (Å²) in [6, 6.07) is 1.09. The van der Waals surface area contributed by atoms with Crippen LogP contribution in [0.25, 0.3) is 21.9 Å². The minimum atomic E-state index is -1.22. The van der Waals surface area contributed by atoms with Gasteiger partial charge in [0, 0.05) is 34.9 Å². The SMILES string of the molecule is Cc1oc2c(C)c3oc(=O)c(CCC(=O)N4CCCC[C@@H]4C(=O)[O-])c(C)c3cc2c1C. The zero-order chi connectivity index (χ0) is 22.4. The zero-order valence-corrected chi connectivity index (χ0v) is 18.3. The number of aryl methyl sites for hydroxylation is 4. The number of carboxylic acids is 1. The van der Waals surface area contributed by atoms with Gasteiger partial charge in [-0.3, -0.25) is 4.79 Å². The molecule has 1 aliphatic rings. The van der Waals surface area contributed by atoms with Gasteiger partial charge in [-0.15, -0.1) is 0 Å². The van der Waals surface area contributed by atoms with E-state index < -0.39 is 17.6 Å². The molecule has 0 radical (unpaired) electrons. The number of hydrogen-bond acceptors (Lipinski definition) is 6. The number of aliphatic carboxylic acids is 1. The minimum Gasteiger partial charge on any atom is -0.548 e. The fourth-order valence-electron chi connectivity index (χ4n) is 4.63. The number of piperidine rings is 1. The van der Waals surface area contributed by atoms with Crippen molar-refractivity contribution in [3.05, 3.63) is 44.5 Å². The molecule has 0 unspecified atom stereocenters. The van der Waals surface area contributed by atoms with E-state index in [-0.39, 0.29) is 18.7 Å². The highest BCUT2D eigenvalue weighted by Crippen LogP contribution is 2.34. The maximum atomic E-state index is 12.7.